The minimum absolute atomic E-state index is 0.278. The van der Waals surface area contributed by atoms with Gasteiger partial charge in [0.05, 0.1) is 0 Å². The molecule has 0 bridgehead atoms. The summed E-state index contributed by atoms with van der Waals surface area (Å²) in [6, 6.07) is 9.05. The fourth-order valence-corrected chi connectivity index (χ4v) is 3.35. The maximum Gasteiger partial charge on any atom is 0.119 e. The van der Waals surface area contributed by atoms with Gasteiger partial charge in [0.15, 0.2) is 0 Å². The predicted molar refractivity (Wildman–Crippen MR) is 89.9 cm³/mol. The lowest BCUT2D eigenvalue weighted by Gasteiger charge is -2.41. The van der Waals surface area contributed by atoms with Gasteiger partial charge >= 0.3 is 0 Å². The lowest BCUT2D eigenvalue weighted by molar-refractivity contribution is 0.0496. The summed E-state index contributed by atoms with van der Waals surface area (Å²) in [5, 5.41) is 3.44. The number of likely N-dealkylation sites (N-methyl/N-ethyl adjacent to an activating group) is 1. The molecule has 3 atom stereocenters. The molecule has 2 rings (SSSR count). The van der Waals surface area contributed by atoms with Crippen molar-refractivity contribution in [2.24, 2.45) is 11.3 Å². The number of nitrogens with one attached hydrogen (secondary N) is 1. The Hall–Kier alpha value is -1.02. The Balaban J connectivity index is 2.06. The molecule has 3 unspecified atom stereocenters. The van der Waals surface area contributed by atoms with Gasteiger partial charge in [0.2, 0.25) is 0 Å². The van der Waals surface area contributed by atoms with E-state index in [9.17, 15) is 0 Å². The van der Waals surface area contributed by atoms with Crippen LogP contribution in [0.5, 0.6) is 5.75 Å². The topological polar surface area (TPSA) is 21.3 Å². The summed E-state index contributed by atoms with van der Waals surface area (Å²) in [5.74, 6) is 1.74. The van der Waals surface area contributed by atoms with Crippen LogP contribution in [0.25, 0.3) is 0 Å². The van der Waals surface area contributed by atoms with Crippen molar-refractivity contribution in [1.82, 2.24) is 5.32 Å². The van der Waals surface area contributed by atoms with E-state index in [-0.39, 0.29) is 6.10 Å². The van der Waals surface area contributed by atoms with Crippen molar-refractivity contribution in [2.75, 3.05) is 7.05 Å². The molecule has 0 amide bonds. The molecule has 0 heterocycles. The summed E-state index contributed by atoms with van der Waals surface area (Å²) >= 11 is 0. The summed E-state index contributed by atoms with van der Waals surface area (Å²) in [6.07, 6.45) is 5.00. The fourth-order valence-electron chi connectivity index (χ4n) is 3.35. The molecule has 1 fully saturated rings. The average molecular weight is 289 g/mol. The first kappa shape index (κ1) is 16.4. The first-order chi connectivity index (χ1) is 9.94. The zero-order valence-electron chi connectivity index (χ0n) is 14.3. The SMILES string of the molecule is CCc1ccc(OC2CC(C(C)(C)C)CCC2NC)cc1. The molecule has 1 saturated carbocycles. The highest BCUT2D eigenvalue weighted by Crippen LogP contribution is 2.39. The second-order valence-electron chi connectivity index (χ2n) is 7.42. The molecule has 1 aromatic carbocycles. The van der Waals surface area contributed by atoms with Gasteiger partial charge in [0.25, 0.3) is 0 Å². The molecular weight excluding hydrogens is 258 g/mol. The minimum atomic E-state index is 0.278. The van der Waals surface area contributed by atoms with E-state index < -0.39 is 0 Å². The number of benzene rings is 1. The third-order valence-corrected chi connectivity index (χ3v) is 5.01. The number of hydrogen-bond acceptors (Lipinski definition) is 2. The van der Waals surface area contributed by atoms with Gasteiger partial charge in [-0.2, -0.15) is 0 Å². The van der Waals surface area contributed by atoms with Gasteiger partial charge in [-0.15, -0.1) is 0 Å². The Kier molecular flexibility index (Phi) is 5.32. The first-order valence-corrected chi connectivity index (χ1v) is 8.37. The van der Waals surface area contributed by atoms with Crippen molar-refractivity contribution < 1.29 is 4.74 Å². The van der Waals surface area contributed by atoms with Crippen LogP contribution in [0.1, 0.15) is 52.5 Å². The molecule has 0 aliphatic heterocycles. The van der Waals surface area contributed by atoms with E-state index in [0.717, 1.165) is 24.5 Å². The lowest BCUT2D eigenvalue weighted by atomic mass is 9.70. The van der Waals surface area contributed by atoms with Crippen LogP contribution in [-0.2, 0) is 6.42 Å². The van der Waals surface area contributed by atoms with Gasteiger partial charge < -0.3 is 10.1 Å². The predicted octanol–water partition coefficient (Wildman–Crippen LogP) is 4.43. The van der Waals surface area contributed by atoms with Crippen LogP contribution >= 0.6 is 0 Å². The molecule has 0 saturated heterocycles. The maximum atomic E-state index is 6.32. The molecule has 1 aliphatic rings. The van der Waals surface area contributed by atoms with Crippen molar-refractivity contribution >= 4 is 0 Å². The Morgan fingerprint density at radius 3 is 2.33 bits per heavy atom. The minimum Gasteiger partial charge on any atom is -0.489 e. The highest BCUT2D eigenvalue weighted by molar-refractivity contribution is 5.27. The summed E-state index contributed by atoms with van der Waals surface area (Å²) in [5.41, 5.74) is 1.73. The Labute approximate surface area is 130 Å². The Bertz CT molecular complexity index is 432. The molecule has 2 nitrogen and oxygen atoms in total. The second kappa shape index (κ2) is 6.83. The normalized spacial score (nSPS) is 26.6. The van der Waals surface area contributed by atoms with Crippen molar-refractivity contribution in [3.05, 3.63) is 29.8 Å². The molecular formula is C19H31NO. The van der Waals surface area contributed by atoms with Crippen LogP contribution in [0.3, 0.4) is 0 Å². The quantitative estimate of drug-likeness (QED) is 0.885. The molecule has 118 valence electrons. The molecule has 1 aliphatic carbocycles. The van der Waals surface area contributed by atoms with Crippen molar-refractivity contribution in [1.29, 1.82) is 0 Å². The fraction of sp³-hybridized carbons (Fsp3) is 0.684. The summed E-state index contributed by atoms with van der Waals surface area (Å²) in [4.78, 5) is 0. The van der Waals surface area contributed by atoms with Gasteiger partial charge in [0, 0.05) is 6.04 Å². The highest BCUT2D eigenvalue weighted by Gasteiger charge is 2.36. The van der Waals surface area contributed by atoms with E-state index in [1.165, 1.54) is 18.4 Å². The molecule has 0 aromatic heterocycles. The van der Waals surface area contributed by atoms with E-state index in [1.54, 1.807) is 0 Å². The zero-order valence-corrected chi connectivity index (χ0v) is 14.3. The van der Waals surface area contributed by atoms with Crippen LogP contribution < -0.4 is 10.1 Å². The van der Waals surface area contributed by atoms with Gasteiger partial charge in [-0.1, -0.05) is 39.8 Å². The lowest BCUT2D eigenvalue weighted by Crippen LogP contribution is -2.47. The summed E-state index contributed by atoms with van der Waals surface area (Å²) in [6.45, 7) is 9.24. The molecule has 1 aromatic rings. The molecule has 0 spiro atoms. The molecule has 1 N–H and O–H groups in total. The molecule has 21 heavy (non-hydrogen) atoms. The van der Waals surface area contributed by atoms with E-state index in [2.05, 4.69) is 64.3 Å². The third-order valence-electron chi connectivity index (χ3n) is 5.01. The molecule has 2 heteroatoms. The number of hydrogen-bond donors (Lipinski definition) is 1. The molecule has 0 radical (unpaired) electrons. The van der Waals surface area contributed by atoms with Crippen LogP contribution in [-0.4, -0.2) is 19.2 Å². The standard InChI is InChI=1S/C19H31NO/c1-6-14-7-10-16(11-8-14)21-18-13-15(19(2,3)4)9-12-17(18)20-5/h7-8,10-11,15,17-18,20H,6,9,12-13H2,1-5H3. The zero-order chi connectivity index (χ0) is 15.5. The van der Waals surface area contributed by atoms with E-state index in [1.807, 2.05) is 0 Å². The van der Waals surface area contributed by atoms with E-state index >= 15 is 0 Å². The van der Waals surface area contributed by atoms with Crippen molar-refractivity contribution in [2.45, 2.75) is 65.5 Å². The van der Waals surface area contributed by atoms with Crippen LogP contribution in [0.4, 0.5) is 0 Å². The first-order valence-electron chi connectivity index (χ1n) is 8.37. The Morgan fingerprint density at radius 1 is 1.14 bits per heavy atom. The van der Waals surface area contributed by atoms with E-state index in [4.69, 9.17) is 4.74 Å². The highest BCUT2D eigenvalue weighted by atomic mass is 16.5. The van der Waals surface area contributed by atoms with Gasteiger partial charge in [-0.25, -0.2) is 0 Å². The van der Waals surface area contributed by atoms with Crippen LogP contribution in [0.15, 0.2) is 24.3 Å². The second-order valence-corrected chi connectivity index (χ2v) is 7.42. The summed E-state index contributed by atoms with van der Waals surface area (Å²) in [7, 11) is 2.05. The van der Waals surface area contributed by atoms with Gasteiger partial charge in [-0.3, -0.25) is 0 Å². The number of ether oxygens (including phenoxy) is 1. The van der Waals surface area contributed by atoms with Gasteiger partial charge in [0.1, 0.15) is 11.9 Å². The largest absolute Gasteiger partial charge is 0.489 e. The monoisotopic (exact) mass is 289 g/mol. The van der Waals surface area contributed by atoms with Crippen molar-refractivity contribution in [3.8, 4) is 5.75 Å². The summed E-state index contributed by atoms with van der Waals surface area (Å²) < 4.78 is 6.32. The van der Waals surface area contributed by atoms with Crippen molar-refractivity contribution in [3.63, 3.8) is 0 Å². The van der Waals surface area contributed by atoms with Crippen LogP contribution in [0.2, 0.25) is 0 Å². The van der Waals surface area contributed by atoms with Crippen LogP contribution in [0, 0.1) is 11.3 Å². The average Bonchev–Trinajstić information content (AvgIpc) is 2.47. The van der Waals surface area contributed by atoms with Gasteiger partial charge in [-0.05, 0) is 61.8 Å². The number of rotatable bonds is 4. The number of aryl methyl sites for hydroxylation is 1. The van der Waals surface area contributed by atoms with E-state index in [0.29, 0.717) is 11.5 Å². The maximum absolute atomic E-state index is 6.32. The third kappa shape index (κ3) is 4.23. The smallest absolute Gasteiger partial charge is 0.119 e. The Morgan fingerprint density at radius 2 is 1.81 bits per heavy atom.